The molecule has 0 saturated carbocycles. The van der Waals surface area contributed by atoms with E-state index in [4.69, 9.17) is 18.3 Å². The van der Waals surface area contributed by atoms with E-state index in [-0.39, 0.29) is 12.4 Å². The molecule has 2 aliphatic heterocycles. The third-order valence-corrected chi connectivity index (χ3v) is 2.90. The van der Waals surface area contributed by atoms with Gasteiger partial charge in [-0.05, 0) is 6.92 Å². The number of hydrogen-bond acceptors (Lipinski definition) is 5. The van der Waals surface area contributed by atoms with E-state index < -0.39 is 7.82 Å². The SMILES string of the molecule is CC1COP(=O)(OC2CO2)O1. The van der Waals surface area contributed by atoms with E-state index in [9.17, 15) is 4.57 Å². The van der Waals surface area contributed by atoms with E-state index in [0.717, 1.165) is 0 Å². The minimum Gasteiger partial charge on any atom is -0.344 e. The Morgan fingerprint density at radius 3 is 2.73 bits per heavy atom. The maximum atomic E-state index is 11.3. The van der Waals surface area contributed by atoms with Crippen molar-refractivity contribution >= 4 is 7.82 Å². The molecule has 6 heteroatoms. The third-order valence-electron chi connectivity index (χ3n) is 1.33. The van der Waals surface area contributed by atoms with Crippen molar-refractivity contribution in [3.63, 3.8) is 0 Å². The molecule has 0 radical (unpaired) electrons. The molecule has 0 N–H and O–H groups in total. The lowest BCUT2D eigenvalue weighted by atomic mass is 10.5. The molecule has 2 aliphatic rings. The van der Waals surface area contributed by atoms with Crippen LogP contribution in [-0.4, -0.2) is 25.6 Å². The first-order chi connectivity index (χ1) is 5.18. The van der Waals surface area contributed by atoms with Gasteiger partial charge in [0.2, 0.25) is 0 Å². The fraction of sp³-hybridized carbons (Fsp3) is 1.00. The molecule has 0 aromatic rings. The second kappa shape index (κ2) is 2.54. The summed E-state index contributed by atoms with van der Waals surface area (Å²) < 4.78 is 30.7. The summed E-state index contributed by atoms with van der Waals surface area (Å²) in [6.45, 7) is 2.58. The second-order valence-electron chi connectivity index (χ2n) is 2.53. The van der Waals surface area contributed by atoms with Crippen LogP contribution < -0.4 is 0 Å². The number of ether oxygens (including phenoxy) is 1. The van der Waals surface area contributed by atoms with Crippen LogP contribution in [0.5, 0.6) is 0 Å². The summed E-state index contributed by atoms with van der Waals surface area (Å²) in [4.78, 5) is 0. The maximum Gasteiger partial charge on any atom is 0.477 e. The fourth-order valence-corrected chi connectivity index (χ4v) is 2.25. The molecule has 0 bridgehead atoms. The van der Waals surface area contributed by atoms with Gasteiger partial charge < -0.3 is 4.74 Å². The van der Waals surface area contributed by atoms with Crippen LogP contribution in [0.1, 0.15) is 6.92 Å². The average Bonchev–Trinajstić information content (AvgIpc) is 2.62. The Bertz CT molecular complexity index is 201. The van der Waals surface area contributed by atoms with Crippen LogP contribution in [0, 0.1) is 0 Å². The molecule has 2 heterocycles. The predicted molar refractivity (Wildman–Crippen MR) is 34.9 cm³/mol. The Morgan fingerprint density at radius 1 is 1.55 bits per heavy atom. The van der Waals surface area contributed by atoms with Gasteiger partial charge in [0.25, 0.3) is 0 Å². The molecule has 2 saturated heterocycles. The van der Waals surface area contributed by atoms with Gasteiger partial charge in [-0.15, -0.1) is 0 Å². The van der Waals surface area contributed by atoms with Crippen LogP contribution in [0.25, 0.3) is 0 Å². The van der Waals surface area contributed by atoms with E-state index in [1.807, 2.05) is 0 Å². The molecular formula is C5H9O5P. The van der Waals surface area contributed by atoms with Gasteiger partial charge >= 0.3 is 7.82 Å². The molecule has 64 valence electrons. The molecule has 0 spiro atoms. The van der Waals surface area contributed by atoms with Crippen LogP contribution in [0.4, 0.5) is 0 Å². The maximum absolute atomic E-state index is 11.3. The molecule has 5 nitrogen and oxygen atoms in total. The van der Waals surface area contributed by atoms with Gasteiger partial charge in [0, 0.05) is 0 Å². The van der Waals surface area contributed by atoms with Gasteiger partial charge in [0.1, 0.15) is 6.61 Å². The van der Waals surface area contributed by atoms with E-state index in [1.54, 1.807) is 6.92 Å². The zero-order valence-corrected chi connectivity index (χ0v) is 6.95. The summed E-state index contributed by atoms with van der Waals surface area (Å²) >= 11 is 0. The van der Waals surface area contributed by atoms with Crippen molar-refractivity contribution in [3.05, 3.63) is 0 Å². The highest BCUT2D eigenvalue weighted by molar-refractivity contribution is 7.48. The van der Waals surface area contributed by atoms with Gasteiger partial charge in [-0.25, -0.2) is 4.57 Å². The topological polar surface area (TPSA) is 57.3 Å². The monoisotopic (exact) mass is 180 g/mol. The number of epoxide rings is 1. The normalized spacial score (nSPS) is 49.5. The molecule has 3 unspecified atom stereocenters. The summed E-state index contributed by atoms with van der Waals surface area (Å²) in [5.41, 5.74) is 0. The van der Waals surface area contributed by atoms with Gasteiger partial charge in [-0.2, -0.15) is 0 Å². The minimum absolute atomic E-state index is 0.153. The first-order valence-corrected chi connectivity index (χ1v) is 4.87. The summed E-state index contributed by atoms with van der Waals surface area (Å²) in [5, 5.41) is 0. The van der Waals surface area contributed by atoms with Crippen LogP contribution in [-0.2, 0) is 22.9 Å². The zero-order valence-electron chi connectivity index (χ0n) is 6.06. The summed E-state index contributed by atoms with van der Waals surface area (Å²) in [5.74, 6) is 0. The smallest absolute Gasteiger partial charge is 0.344 e. The Labute approximate surface area is 64.2 Å². The molecule has 3 atom stereocenters. The molecule has 0 amide bonds. The standard InChI is InChI=1S/C5H9O5P/c1-4-2-8-11(6,9-4)10-5-3-7-5/h4-5H,2-3H2,1H3. The lowest BCUT2D eigenvalue weighted by Gasteiger charge is -2.06. The quantitative estimate of drug-likeness (QED) is 0.466. The molecule has 2 fully saturated rings. The number of phosphoric ester groups is 1. The van der Waals surface area contributed by atoms with Crippen molar-refractivity contribution in [1.29, 1.82) is 0 Å². The zero-order chi connectivity index (χ0) is 7.90. The van der Waals surface area contributed by atoms with Gasteiger partial charge in [-0.3, -0.25) is 13.6 Å². The Hall–Kier alpha value is 0.0700. The van der Waals surface area contributed by atoms with Crippen LogP contribution in [0.2, 0.25) is 0 Å². The average molecular weight is 180 g/mol. The highest BCUT2D eigenvalue weighted by atomic mass is 31.2. The van der Waals surface area contributed by atoms with Crippen molar-refractivity contribution < 1.29 is 22.9 Å². The molecule has 0 aliphatic carbocycles. The van der Waals surface area contributed by atoms with Gasteiger partial charge in [0.05, 0.1) is 12.7 Å². The Kier molecular flexibility index (Phi) is 1.78. The number of phosphoric acid groups is 1. The lowest BCUT2D eigenvalue weighted by molar-refractivity contribution is 0.116. The molecule has 2 rings (SSSR count). The lowest BCUT2D eigenvalue weighted by Crippen LogP contribution is -2.00. The third kappa shape index (κ3) is 1.80. The molecule has 11 heavy (non-hydrogen) atoms. The van der Waals surface area contributed by atoms with Crippen molar-refractivity contribution in [3.8, 4) is 0 Å². The van der Waals surface area contributed by atoms with Crippen molar-refractivity contribution in [1.82, 2.24) is 0 Å². The highest BCUT2D eigenvalue weighted by Gasteiger charge is 2.42. The number of hydrogen-bond donors (Lipinski definition) is 0. The van der Waals surface area contributed by atoms with E-state index in [2.05, 4.69) is 0 Å². The fourth-order valence-electron chi connectivity index (χ4n) is 0.777. The Morgan fingerprint density at radius 2 is 2.27 bits per heavy atom. The van der Waals surface area contributed by atoms with Crippen LogP contribution in [0.3, 0.4) is 0 Å². The molecule has 0 aromatic heterocycles. The first-order valence-electron chi connectivity index (χ1n) is 3.41. The Balaban J connectivity index is 1.93. The van der Waals surface area contributed by atoms with Gasteiger partial charge in [0.15, 0.2) is 6.29 Å². The summed E-state index contributed by atoms with van der Waals surface area (Å²) in [7, 11) is -3.24. The molecule has 0 aromatic carbocycles. The largest absolute Gasteiger partial charge is 0.477 e. The van der Waals surface area contributed by atoms with Gasteiger partial charge in [-0.1, -0.05) is 0 Å². The van der Waals surface area contributed by atoms with E-state index in [0.29, 0.717) is 13.2 Å². The van der Waals surface area contributed by atoms with E-state index in [1.165, 1.54) is 0 Å². The summed E-state index contributed by atoms with van der Waals surface area (Å²) in [6.07, 6.45) is -0.536. The first kappa shape index (κ1) is 7.71. The summed E-state index contributed by atoms with van der Waals surface area (Å²) in [6, 6.07) is 0. The predicted octanol–water partition coefficient (Wildman–Crippen LogP) is 0.903. The van der Waals surface area contributed by atoms with Crippen molar-refractivity contribution in [2.24, 2.45) is 0 Å². The highest BCUT2D eigenvalue weighted by Crippen LogP contribution is 2.56. The van der Waals surface area contributed by atoms with E-state index >= 15 is 0 Å². The van der Waals surface area contributed by atoms with Crippen molar-refractivity contribution in [2.75, 3.05) is 13.2 Å². The number of rotatable bonds is 2. The minimum atomic E-state index is -3.24. The van der Waals surface area contributed by atoms with Crippen molar-refractivity contribution in [2.45, 2.75) is 19.3 Å². The van der Waals surface area contributed by atoms with Crippen LogP contribution >= 0.6 is 7.82 Å². The second-order valence-corrected chi connectivity index (χ2v) is 4.10. The molecular weight excluding hydrogens is 171 g/mol. The van der Waals surface area contributed by atoms with Crippen LogP contribution in [0.15, 0.2) is 0 Å².